The first-order chi connectivity index (χ1) is 11.7. The Morgan fingerprint density at radius 2 is 1.64 bits per heavy atom. The van der Waals surface area contributed by atoms with Crippen LogP contribution in [-0.4, -0.2) is 88.0 Å². The zero-order valence-electron chi connectivity index (χ0n) is 14.7. The minimum Gasteiger partial charge on any atom is -0.348 e. The van der Waals surface area contributed by atoms with Gasteiger partial charge in [-0.1, -0.05) is 0 Å². The number of hydrogen-bond donors (Lipinski definition) is 1. The van der Waals surface area contributed by atoms with E-state index < -0.39 is 10.0 Å². The molecule has 2 amide bonds. The van der Waals surface area contributed by atoms with Crippen molar-refractivity contribution in [3.05, 3.63) is 29.8 Å². The lowest BCUT2D eigenvalue weighted by Crippen LogP contribution is -2.51. The molecule has 2 rings (SSSR count). The lowest BCUT2D eigenvalue weighted by Gasteiger charge is -2.34. The third-order valence-corrected chi connectivity index (χ3v) is 4.56. The molecule has 1 aliphatic heterocycles. The first kappa shape index (κ1) is 19.2. The van der Waals surface area contributed by atoms with Gasteiger partial charge in [-0.15, -0.1) is 0 Å². The van der Waals surface area contributed by atoms with Crippen LogP contribution in [0.2, 0.25) is 0 Å². The third kappa shape index (κ3) is 5.71. The Kier molecular flexibility index (Phi) is 6.02. The SMILES string of the molecule is CN(C)C(=O)CN1CCN(C(=O)c2ccc(NS(C)(=O)=O)cc2)CC1. The Morgan fingerprint density at radius 3 is 2.12 bits per heavy atom. The predicted octanol–water partition coefficient (Wildman–Crippen LogP) is -0.0959. The largest absolute Gasteiger partial charge is 0.348 e. The van der Waals surface area contributed by atoms with Crippen molar-refractivity contribution >= 4 is 27.5 Å². The number of anilines is 1. The monoisotopic (exact) mass is 368 g/mol. The second kappa shape index (κ2) is 7.83. The molecule has 1 aromatic carbocycles. The van der Waals surface area contributed by atoms with Gasteiger partial charge in [0.15, 0.2) is 0 Å². The van der Waals surface area contributed by atoms with Gasteiger partial charge in [-0.05, 0) is 24.3 Å². The number of nitrogens with one attached hydrogen (secondary N) is 1. The van der Waals surface area contributed by atoms with Crippen LogP contribution in [0.4, 0.5) is 5.69 Å². The van der Waals surface area contributed by atoms with E-state index >= 15 is 0 Å². The van der Waals surface area contributed by atoms with Crippen molar-refractivity contribution in [3.63, 3.8) is 0 Å². The summed E-state index contributed by atoms with van der Waals surface area (Å²) in [5.41, 5.74) is 0.933. The lowest BCUT2D eigenvalue weighted by atomic mass is 10.1. The molecule has 0 aromatic heterocycles. The van der Waals surface area contributed by atoms with Crippen LogP contribution in [0.1, 0.15) is 10.4 Å². The first-order valence-corrected chi connectivity index (χ1v) is 9.84. The maximum absolute atomic E-state index is 12.5. The van der Waals surface area contributed by atoms with E-state index in [4.69, 9.17) is 0 Å². The number of amides is 2. The molecule has 138 valence electrons. The summed E-state index contributed by atoms with van der Waals surface area (Å²) >= 11 is 0. The molecule has 1 aliphatic rings. The van der Waals surface area contributed by atoms with Crippen LogP contribution >= 0.6 is 0 Å². The van der Waals surface area contributed by atoms with E-state index in [-0.39, 0.29) is 11.8 Å². The molecule has 25 heavy (non-hydrogen) atoms. The molecular weight excluding hydrogens is 344 g/mol. The van der Waals surface area contributed by atoms with Gasteiger partial charge >= 0.3 is 0 Å². The van der Waals surface area contributed by atoms with Crippen molar-refractivity contribution in [2.24, 2.45) is 0 Å². The molecule has 9 heteroatoms. The molecule has 0 atom stereocenters. The molecule has 1 saturated heterocycles. The van der Waals surface area contributed by atoms with E-state index in [9.17, 15) is 18.0 Å². The number of hydrogen-bond acceptors (Lipinski definition) is 5. The Hall–Kier alpha value is -2.13. The van der Waals surface area contributed by atoms with E-state index in [2.05, 4.69) is 4.72 Å². The summed E-state index contributed by atoms with van der Waals surface area (Å²) in [6, 6.07) is 6.36. The Morgan fingerprint density at radius 1 is 1.08 bits per heavy atom. The lowest BCUT2D eigenvalue weighted by molar-refractivity contribution is -0.130. The maximum atomic E-state index is 12.5. The van der Waals surface area contributed by atoms with Crippen LogP contribution in [0, 0.1) is 0 Å². The molecule has 8 nitrogen and oxygen atoms in total. The quantitative estimate of drug-likeness (QED) is 0.784. The number of carbonyl (C=O) groups excluding carboxylic acids is 2. The van der Waals surface area contributed by atoms with Crippen LogP contribution in [0.25, 0.3) is 0 Å². The van der Waals surface area contributed by atoms with Crippen molar-refractivity contribution in [1.29, 1.82) is 0 Å². The third-order valence-electron chi connectivity index (χ3n) is 3.95. The number of benzene rings is 1. The number of piperazine rings is 1. The van der Waals surface area contributed by atoms with Crippen LogP contribution in [0.5, 0.6) is 0 Å². The predicted molar refractivity (Wildman–Crippen MR) is 95.9 cm³/mol. The molecule has 1 N–H and O–H groups in total. The summed E-state index contributed by atoms with van der Waals surface area (Å²) in [5.74, 6) is -0.0433. The van der Waals surface area contributed by atoms with Crippen molar-refractivity contribution < 1.29 is 18.0 Å². The van der Waals surface area contributed by atoms with E-state index in [1.54, 1.807) is 48.2 Å². The topological polar surface area (TPSA) is 90.0 Å². The average molecular weight is 368 g/mol. The van der Waals surface area contributed by atoms with Crippen molar-refractivity contribution in [1.82, 2.24) is 14.7 Å². The summed E-state index contributed by atoms with van der Waals surface area (Å²) in [6.07, 6.45) is 1.08. The van der Waals surface area contributed by atoms with Crippen molar-refractivity contribution in [2.45, 2.75) is 0 Å². The van der Waals surface area contributed by atoms with Gasteiger partial charge in [0.05, 0.1) is 12.8 Å². The molecule has 0 radical (unpaired) electrons. The van der Waals surface area contributed by atoms with Crippen LogP contribution in [0.15, 0.2) is 24.3 Å². The molecule has 0 spiro atoms. The normalized spacial score (nSPS) is 15.7. The van der Waals surface area contributed by atoms with Crippen LogP contribution in [-0.2, 0) is 14.8 Å². The number of rotatable bonds is 5. The highest BCUT2D eigenvalue weighted by Gasteiger charge is 2.23. The molecule has 0 bridgehead atoms. The fourth-order valence-corrected chi connectivity index (χ4v) is 3.08. The Bertz CT molecular complexity index is 723. The number of sulfonamides is 1. The zero-order chi connectivity index (χ0) is 18.6. The van der Waals surface area contributed by atoms with Crippen molar-refractivity contribution in [2.75, 3.05) is 57.8 Å². The molecule has 1 heterocycles. The Labute approximate surface area is 148 Å². The van der Waals surface area contributed by atoms with Gasteiger partial charge in [0.2, 0.25) is 15.9 Å². The standard InChI is InChI=1S/C16H24N4O4S/c1-18(2)15(21)12-19-8-10-20(11-9-19)16(22)13-4-6-14(7-5-13)17-25(3,23)24/h4-7,17H,8-12H2,1-3H3. The number of nitrogens with zero attached hydrogens (tertiary/aromatic N) is 3. The number of carbonyl (C=O) groups is 2. The van der Waals surface area contributed by atoms with Crippen LogP contribution < -0.4 is 4.72 Å². The van der Waals surface area contributed by atoms with Crippen LogP contribution in [0.3, 0.4) is 0 Å². The smallest absolute Gasteiger partial charge is 0.253 e. The summed E-state index contributed by atoms with van der Waals surface area (Å²) < 4.78 is 24.8. The second-order valence-electron chi connectivity index (χ2n) is 6.31. The molecule has 1 fully saturated rings. The molecule has 0 aliphatic carbocycles. The summed E-state index contributed by atoms with van der Waals surface area (Å²) in [5, 5.41) is 0. The average Bonchev–Trinajstić information content (AvgIpc) is 2.54. The molecule has 0 saturated carbocycles. The molecule has 1 aromatic rings. The fraction of sp³-hybridized carbons (Fsp3) is 0.500. The van der Waals surface area contributed by atoms with E-state index in [1.165, 1.54) is 0 Å². The first-order valence-electron chi connectivity index (χ1n) is 7.95. The molecular formula is C16H24N4O4S. The van der Waals surface area contributed by atoms with Gasteiger partial charge in [0, 0.05) is 51.5 Å². The van der Waals surface area contributed by atoms with E-state index in [0.29, 0.717) is 44.0 Å². The highest BCUT2D eigenvalue weighted by molar-refractivity contribution is 7.92. The highest BCUT2D eigenvalue weighted by Crippen LogP contribution is 2.14. The molecule has 0 unspecified atom stereocenters. The summed E-state index contributed by atoms with van der Waals surface area (Å²) in [4.78, 5) is 29.6. The maximum Gasteiger partial charge on any atom is 0.253 e. The fourth-order valence-electron chi connectivity index (χ4n) is 2.52. The van der Waals surface area contributed by atoms with Gasteiger partial charge in [-0.3, -0.25) is 19.2 Å². The van der Waals surface area contributed by atoms with E-state index in [0.717, 1.165) is 6.26 Å². The summed E-state index contributed by atoms with van der Waals surface area (Å²) in [6.45, 7) is 2.78. The van der Waals surface area contributed by atoms with Crippen molar-refractivity contribution in [3.8, 4) is 0 Å². The number of likely N-dealkylation sites (N-methyl/N-ethyl adjacent to an activating group) is 1. The van der Waals surface area contributed by atoms with Gasteiger partial charge in [-0.25, -0.2) is 8.42 Å². The van der Waals surface area contributed by atoms with Gasteiger partial charge in [0.25, 0.3) is 5.91 Å². The van der Waals surface area contributed by atoms with Gasteiger partial charge in [0.1, 0.15) is 0 Å². The zero-order valence-corrected chi connectivity index (χ0v) is 15.5. The Balaban J connectivity index is 1.91. The second-order valence-corrected chi connectivity index (χ2v) is 8.06. The highest BCUT2D eigenvalue weighted by atomic mass is 32.2. The minimum atomic E-state index is -3.33. The van der Waals surface area contributed by atoms with Gasteiger partial charge in [-0.2, -0.15) is 0 Å². The van der Waals surface area contributed by atoms with E-state index in [1.807, 2.05) is 4.90 Å². The summed E-state index contributed by atoms with van der Waals surface area (Å²) in [7, 11) is 0.118. The van der Waals surface area contributed by atoms with Gasteiger partial charge < -0.3 is 9.80 Å². The minimum absolute atomic E-state index is 0.0498.